The summed E-state index contributed by atoms with van der Waals surface area (Å²) in [5.74, 6) is 0.00911. The minimum absolute atomic E-state index is 0.00911. The molecule has 21 heavy (non-hydrogen) atoms. The number of halogens is 4. The van der Waals surface area contributed by atoms with Gasteiger partial charge in [-0.05, 0) is 29.8 Å². The highest BCUT2D eigenvalue weighted by Crippen LogP contribution is 2.37. The van der Waals surface area contributed by atoms with Crippen molar-refractivity contribution in [3.8, 4) is 5.75 Å². The maximum Gasteiger partial charge on any atom is 0.265 e. The standard InChI is InChI=1S/C13H8BrCl3O3S/c14-9-5-11(16)13(12(6-9)21(17,18)19)20-7-8-2-1-3-10(15)4-8/h1-6H,7H2. The molecule has 0 unspecified atom stereocenters. The topological polar surface area (TPSA) is 43.4 Å². The minimum Gasteiger partial charge on any atom is -0.486 e. The summed E-state index contributed by atoms with van der Waals surface area (Å²) >= 11 is 15.1. The van der Waals surface area contributed by atoms with E-state index in [-0.39, 0.29) is 22.3 Å². The second kappa shape index (κ2) is 6.75. The zero-order chi connectivity index (χ0) is 15.6. The molecule has 0 radical (unpaired) electrons. The number of rotatable bonds is 4. The van der Waals surface area contributed by atoms with E-state index in [2.05, 4.69) is 15.9 Å². The van der Waals surface area contributed by atoms with Gasteiger partial charge in [0.25, 0.3) is 9.05 Å². The molecule has 0 amide bonds. The van der Waals surface area contributed by atoms with Crippen LogP contribution in [-0.4, -0.2) is 8.42 Å². The molecule has 0 heterocycles. The second-order valence-electron chi connectivity index (χ2n) is 4.07. The Labute approximate surface area is 145 Å². The van der Waals surface area contributed by atoms with E-state index in [1.807, 2.05) is 0 Å². The van der Waals surface area contributed by atoms with Crippen molar-refractivity contribution in [2.24, 2.45) is 0 Å². The van der Waals surface area contributed by atoms with Crippen molar-refractivity contribution < 1.29 is 13.2 Å². The summed E-state index contributed by atoms with van der Waals surface area (Å²) < 4.78 is 29.2. The first kappa shape index (κ1) is 16.9. The lowest BCUT2D eigenvalue weighted by Gasteiger charge is -2.12. The zero-order valence-corrected chi connectivity index (χ0v) is 15.0. The molecule has 2 aromatic rings. The van der Waals surface area contributed by atoms with Crippen molar-refractivity contribution in [2.75, 3.05) is 0 Å². The first-order valence-corrected chi connectivity index (χ1v) is 9.44. The molecule has 0 fully saturated rings. The fourth-order valence-corrected chi connectivity index (χ4v) is 3.93. The molecule has 0 spiro atoms. The lowest BCUT2D eigenvalue weighted by molar-refractivity contribution is 0.298. The first-order valence-electron chi connectivity index (χ1n) is 5.58. The molecule has 2 rings (SSSR count). The molecule has 0 bridgehead atoms. The Hall–Kier alpha value is -0.460. The van der Waals surface area contributed by atoms with Gasteiger partial charge in [0.2, 0.25) is 0 Å². The fourth-order valence-electron chi connectivity index (χ4n) is 1.64. The monoisotopic (exact) mass is 428 g/mol. The zero-order valence-electron chi connectivity index (χ0n) is 10.3. The fraction of sp³-hybridized carbons (Fsp3) is 0.0769. The largest absolute Gasteiger partial charge is 0.486 e. The Bertz CT molecular complexity index is 778. The summed E-state index contributed by atoms with van der Waals surface area (Å²) in [4.78, 5) is -0.189. The van der Waals surface area contributed by atoms with Gasteiger partial charge in [-0.15, -0.1) is 0 Å². The van der Waals surface area contributed by atoms with Crippen LogP contribution in [0.15, 0.2) is 45.8 Å². The second-order valence-corrected chi connectivity index (χ2v) is 8.36. The highest BCUT2D eigenvalue weighted by Gasteiger charge is 2.21. The lowest BCUT2D eigenvalue weighted by Crippen LogP contribution is -2.01. The van der Waals surface area contributed by atoms with E-state index in [9.17, 15) is 8.42 Å². The molecule has 0 saturated carbocycles. The van der Waals surface area contributed by atoms with Gasteiger partial charge >= 0.3 is 0 Å². The van der Waals surface area contributed by atoms with Crippen LogP contribution >= 0.6 is 49.8 Å². The van der Waals surface area contributed by atoms with Crippen molar-refractivity contribution in [2.45, 2.75) is 11.5 Å². The molecule has 0 N–H and O–H groups in total. The summed E-state index contributed by atoms with van der Waals surface area (Å²) in [7, 11) is 1.42. The Balaban J connectivity index is 2.36. The Morgan fingerprint density at radius 2 is 1.86 bits per heavy atom. The third-order valence-electron chi connectivity index (χ3n) is 2.51. The van der Waals surface area contributed by atoms with E-state index in [0.717, 1.165) is 5.56 Å². The summed E-state index contributed by atoms with van der Waals surface area (Å²) in [5, 5.41) is 0.703. The number of hydrogen-bond donors (Lipinski definition) is 0. The molecule has 0 atom stereocenters. The van der Waals surface area contributed by atoms with Gasteiger partial charge in [-0.1, -0.05) is 51.3 Å². The van der Waals surface area contributed by atoms with E-state index in [1.54, 1.807) is 24.3 Å². The van der Waals surface area contributed by atoms with Crippen molar-refractivity contribution in [1.29, 1.82) is 0 Å². The minimum atomic E-state index is -3.98. The Kier molecular flexibility index (Phi) is 5.43. The molecule has 112 valence electrons. The van der Waals surface area contributed by atoms with Gasteiger partial charge in [-0.2, -0.15) is 0 Å². The number of ether oxygens (including phenoxy) is 1. The smallest absolute Gasteiger partial charge is 0.265 e. The van der Waals surface area contributed by atoms with Gasteiger partial charge in [-0.25, -0.2) is 8.42 Å². The average Bonchev–Trinajstić information content (AvgIpc) is 2.36. The molecule has 0 saturated heterocycles. The summed E-state index contributed by atoms with van der Waals surface area (Å²) in [5.41, 5.74) is 0.777. The molecule has 0 aliphatic carbocycles. The molecular formula is C13H8BrCl3O3S. The van der Waals surface area contributed by atoms with Gasteiger partial charge in [0.15, 0.2) is 5.75 Å². The van der Waals surface area contributed by atoms with Crippen molar-refractivity contribution in [3.63, 3.8) is 0 Å². The van der Waals surface area contributed by atoms with Crippen molar-refractivity contribution in [1.82, 2.24) is 0 Å². The molecule has 0 aliphatic heterocycles. The SMILES string of the molecule is O=S(=O)(Cl)c1cc(Br)cc(Cl)c1OCc1cccc(Cl)c1. The van der Waals surface area contributed by atoms with Crippen LogP contribution in [0.5, 0.6) is 5.75 Å². The predicted octanol–water partition coefficient (Wildman–Crippen LogP) is 5.26. The van der Waals surface area contributed by atoms with Gasteiger partial charge < -0.3 is 4.74 Å². The van der Waals surface area contributed by atoms with Gasteiger partial charge in [0.05, 0.1) is 5.02 Å². The third-order valence-corrected chi connectivity index (χ3v) is 4.81. The molecule has 0 aliphatic rings. The maximum atomic E-state index is 11.6. The summed E-state index contributed by atoms with van der Waals surface area (Å²) in [6.07, 6.45) is 0. The quantitative estimate of drug-likeness (QED) is 0.621. The van der Waals surface area contributed by atoms with Crippen LogP contribution in [0.3, 0.4) is 0 Å². The Morgan fingerprint density at radius 3 is 2.48 bits per heavy atom. The highest BCUT2D eigenvalue weighted by atomic mass is 79.9. The van der Waals surface area contributed by atoms with E-state index in [1.165, 1.54) is 12.1 Å². The maximum absolute atomic E-state index is 11.6. The van der Waals surface area contributed by atoms with Crippen LogP contribution in [0.2, 0.25) is 10.0 Å². The van der Waals surface area contributed by atoms with E-state index >= 15 is 0 Å². The van der Waals surface area contributed by atoms with E-state index in [0.29, 0.717) is 9.50 Å². The highest BCUT2D eigenvalue weighted by molar-refractivity contribution is 9.10. The van der Waals surface area contributed by atoms with Gasteiger partial charge in [0, 0.05) is 20.2 Å². The van der Waals surface area contributed by atoms with Crippen LogP contribution in [0.25, 0.3) is 0 Å². The summed E-state index contributed by atoms with van der Waals surface area (Å²) in [6.45, 7) is 0.112. The summed E-state index contributed by atoms with van der Waals surface area (Å²) in [6, 6.07) is 9.87. The normalized spacial score (nSPS) is 11.4. The number of benzene rings is 2. The Morgan fingerprint density at radius 1 is 1.14 bits per heavy atom. The molecule has 8 heteroatoms. The van der Waals surface area contributed by atoms with Crippen LogP contribution < -0.4 is 4.74 Å². The third kappa shape index (κ3) is 4.50. The first-order chi connectivity index (χ1) is 9.77. The van der Waals surface area contributed by atoms with Gasteiger partial charge in [-0.3, -0.25) is 0 Å². The predicted molar refractivity (Wildman–Crippen MR) is 88.0 cm³/mol. The van der Waals surface area contributed by atoms with Crippen LogP contribution in [0, 0.1) is 0 Å². The van der Waals surface area contributed by atoms with Crippen LogP contribution in [-0.2, 0) is 15.7 Å². The van der Waals surface area contributed by atoms with E-state index < -0.39 is 9.05 Å². The van der Waals surface area contributed by atoms with Crippen LogP contribution in [0.4, 0.5) is 0 Å². The van der Waals surface area contributed by atoms with Crippen molar-refractivity contribution in [3.05, 3.63) is 56.5 Å². The molecule has 3 nitrogen and oxygen atoms in total. The lowest BCUT2D eigenvalue weighted by atomic mass is 10.2. The van der Waals surface area contributed by atoms with Crippen LogP contribution in [0.1, 0.15) is 5.56 Å². The average molecular weight is 431 g/mol. The van der Waals surface area contributed by atoms with Gasteiger partial charge in [0.1, 0.15) is 11.5 Å². The van der Waals surface area contributed by atoms with E-state index in [4.69, 9.17) is 38.6 Å². The van der Waals surface area contributed by atoms with Crippen molar-refractivity contribution >= 4 is 58.9 Å². The number of hydrogen-bond acceptors (Lipinski definition) is 3. The molecular weight excluding hydrogens is 422 g/mol. The molecule has 0 aromatic heterocycles. The molecule has 2 aromatic carbocycles.